The zero-order chi connectivity index (χ0) is 15.9. The van der Waals surface area contributed by atoms with E-state index in [-0.39, 0.29) is 28.5 Å². The fourth-order valence-corrected chi connectivity index (χ4v) is 2.58. The number of nitrogens with two attached hydrogens (primary N) is 1. The highest BCUT2D eigenvalue weighted by Gasteiger charge is 2.34. The molecule has 0 unspecified atom stereocenters. The van der Waals surface area contributed by atoms with Gasteiger partial charge in [-0.05, 0) is 24.6 Å². The van der Waals surface area contributed by atoms with Gasteiger partial charge in [0.25, 0.3) is 5.56 Å². The lowest BCUT2D eigenvalue weighted by molar-refractivity contribution is 0.373. The Labute approximate surface area is 130 Å². The van der Waals surface area contributed by atoms with Gasteiger partial charge >= 0.3 is 0 Å². The van der Waals surface area contributed by atoms with Gasteiger partial charge in [0.2, 0.25) is 11.8 Å². The summed E-state index contributed by atoms with van der Waals surface area (Å²) in [5.41, 5.74) is 6.61. The predicted molar refractivity (Wildman–Crippen MR) is 80.3 cm³/mol. The molecule has 6 nitrogen and oxygen atoms in total. The lowest BCUT2D eigenvalue weighted by Crippen LogP contribution is -2.29. The van der Waals surface area contributed by atoms with Gasteiger partial charge in [-0.1, -0.05) is 23.7 Å². The molecule has 0 radical (unpaired) electrons. The van der Waals surface area contributed by atoms with Crippen molar-refractivity contribution in [2.45, 2.75) is 12.8 Å². The molecule has 3 N–H and O–H groups in total. The van der Waals surface area contributed by atoms with Crippen LogP contribution in [0.2, 0.25) is 5.02 Å². The number of nitrogens with zero attached hydrogens (tertiary/aromatic N) is 2. The van der Waals surface area contributed by atoms with Crippen LogP contribution in [-0.2, 0) is 0 Å². The number of aromatic amines is 1. The molecule has 1 aliphatic heterocycles. The molecule has 0 amide bonds. The Kier molecular flexibility index (Phi) is 3.35. The fraction of sp³-hybridized carbons (Fsp3) is 0.133. The van der Waals surface area contributed by atoms with Gasteiger partial charge in [0.05, 0.1) is 11.5 Å². The standard InChI is InChI=1S/C15H11ClN4O2/c1-7-19-14(21)12-11(8-2-4-9(16)5-3-8)10(6-17)13(18)22-15(12)20-7/h2-5,11H,18H2,1H3,(H,19,20,21)/t11-/m1/s1. The van der Waals surface area contributed by atoms with Crippen molar-refractivity contribution < 1.29 is 4.74 Å². The minimum absolute atomic E-state index is 0.0487. The fourth-order valence-electron chi connectivity index (χ4n) is 2.46. The monoisotopic (exact) mass is 314 g/mol. The minimum atomic E-state index is -0.636. The molecule has 0 fully saturated rings. The molecule has 110 valence electrons. The largest absolute Gasteiger partial charge is 0.422 e. The van der Waals surface area contributed by atoms with Gasteiger partial charge in [-0.2, -0.15) is 10.2 Å². The van der Waals surface area contributed by atoms with Crippen LogP contribution in [0.15, 0.2) is 40.5 Å². The maximum atomic E-state index is 12.3. The second-order valence-corrected chi connectivity index (χ2v) is 5.28. The van der Waals surface area contributed by atoms with E-state index in [2.05, 4.69) is 9.97 Å². The van der Waals surface area contributed by atoms with Crippen LogP contribution < -0.4 is 16.0 Å². The number of ether oxygens (including phenoxy) is 1. The first-order valence-corrected chi connectivity index (χ1v) is 6.83. The van der Waals surface area contributed by atoms with Crippen molar-refractivity contribution in [2.75, 3.05) is 0 Å². The number of nitriles is 1. The van der Waals surface area contributed by atoms with Crippen LogP contribution in [0.1, 0.15) is 22.9 Å². The molecule has 3 rings (SSSR count). The topological polar surface area (TPSA) is 105 Å². The van der Waals surface area contributed by atoms with Gasteiger partial charge in [-0.15, -0.1) is 0 Å². The van der Waals surface area contributed by atoms with Gasteiger partial charge in [0.15, 0.2) is 0 Å². The summed E-state index contributed by atoms with van der Waals surface area (Å²) in [5, 5.41) is 9.95. The lowest BCUT2D eigenvalue weighted by Gasteiger charge is -2.24. The van der Waals surface area contributed by atoms with Crippen LogP contribution >= 0.6 is 11.6 Å². The Hall–Kier alpha value is -2.78. The number of allylic oxidation sites excluding steroid dienone is 1. The number of benzene rings is 1. The van der Waals surface area contributed by atoms with E-state index in [9.17, 15) is 10.1 Å². The highest BCUT2D eigenvalue weighted by atomic mass is 35.5. The van der Waals surface area contributed by atoms with Crippen molar-refractivity contribution in [1.82, 2.24) is 9.97 Å². The molecular weight excluding hydrogens is 304 g/mol. The number of hydrogen-bond acceptors (Lipinski definition) is 5. The summed E-state index contributed by atoms with van der Waals surface area (Å²) < 4.78 is 5.35. The minimum Gasteiger partial charge on any atom is -0.422 e. The van der Waals surface area contributed by atoms with E-state index < -0.39 is 5.92 Å². The summed E-state index contributed by atoms with van der Waals surface area (Å²) in [6.45, 7) is 1.64. The molecule has 7 heteroatoms. The van der Waals surface area contributed by atoms with Crippen molar-refractivity contribution in [3.63, 3.8) is 0 Å². The molecular formula is C15H11ClN4O2. The Morgan fingerprint density at radius 1 is 1.41 bits per heavy atom. The Balaban J connectivity index is 2.29. The average Bonchev–Trinajstić information content (AvgIpc) is 2.46. The van der Waals surface area contributed by atoms with E-state index in [1.54, 1.807) is 31.2 Å². The normalized spacial score (nSPS) is 16.7. The molecule has 2 heterocycles. The molecule has 1 aromatic heterocycles. The number of fused-ring (bicyclic) bond motifs is 1. The highest BCUT2D eigenvalue weighted by Crippen LogP contribution is 2.39. The predicted octanol–water partition coefficient (Wildman–Crippen LogP) is 1.95. The van der Waals surface area contributed by atoms with E-state index in [0.717, 1.165) is 0 Å². The quantitative estimate of drug-likeness (QED) is 0.837. The molecule has 0 aliphatic carbocycles. The van der Waals surface area contributed by atoms with Crippen molar-refractivity contribution in [3.05, 3.63) is 68.0 Å². The number of aromatic nitrogens is 2. The van der Waals surface area contributed by atoms with E-state index in [1.165, 1.54) is 0 Å². The summed E-state index contributed by atoms with van der Waals surface area (Å²) >= 11 is 5.90. The van der Waals surface area contributed by atoms with Crippen molar-refractivity contribution in [1.29, 1.82) is 5.26 Å². The van der Waals surface area contributed by atoms with Crippen molar-refractivity contribution in [3.8, 4) is 11.9 Å². The second-order valence-electron chi connectivity index (χ2n) is 4.85. The first kappa shape index (κ1) is 14.2. The molecule has 2 aromatic rings. The average molecular weight is 315 g/mol. The molecule has 1 aromatic carbocycles. The number of aryl methyl sites for hydroxylation is 1. The van der Waals surface area contributed by atoms with Gasteiger partial charge in [0.1, 0.15) is 17.5 Å². The maximum absolute atomic E-state index is 12.3. The highest BCUT2D eigenvalue weighted by molar-refractivity contribution is 6.30. The number of nitrogens with one attached hydrogen (secondary N) is 1. The van der Waals surface area contributed by atoms with Crippen LogP contribution in [0, 0.1) is 18.3 Å². The van der Waals surface area contributed by atoms with E-state index in [4.69, 9.17) is 22.1 Å². The summed E-state index contributed by atoms with van der Waals surface area (Å²) in [4.78, 5) is 19.1. The SMILES string of the molecule is Cc1nc2c(c(=O)[nH]1)[C@H](c1ccc(Cl)cc1)C(C#N)=C(N)O2. The Morgan fingerprint density at radius 3 is 2.73 bits per heavy atom. The van der Waals surface area contributed by atoms with Gasteiger partial charge < -0.3 is 15.5 Å². The first-order chi connectivity index (χ1) is 10.5. The third kappa shape index (κ3) is 2.22. The maximum Gasteiger partial charge on any atom is 0.258 e. The van der Waals surface area contributed by atoms with Crippen LogP contribution in [0.25, 0.3) is 0 Å². The van der Waals surface area contributed by atoms with Crippen molar-refractivity contribution >= 4 is 11.6 Å². The number of halogens is 1. The van der Waals surface area contributed by atoms with Crippen LogP contribution in [0.4, 0.5) is 0 Å². The molecule has 22 heavy (non-hydrogen) atoms. The number of hydrogen-bond donors (Lipinski definition) is 2. The number of rotatable bonds is 1. The van der Waals surface area contributed by atoms with E-state index in [1.807, 2.05) is 6.07 Å². The first-order valence-electron chi connectivity index (χ1n) is 6.45. The second kappa shape index (κ2) is 5.20. The Morgan fingerprint density at radius 2 is 2.09 bits per heavy atom. The molecule has 0 bridgehead atoms. The summed E-state index contributed by atoms with van der Waals surface area (Å²) in [5.74, 6) is -0.153. The van der Waals surface area contributed by atoms with Crippen LogP contribution in [0.3, 0.4) is 0 Å². The number of H-pyrrole nitrogens is 1. The van der Waals surface area contributed by atoms with E-state index >= 15 is 0 Å². The lowest BCUT2D eigenvalue weighted by atomic mass is 9.85. The molecule has 1 aliphatic rings. The van der Waals surface area contributed by atoms with Gasteiger partial charge in [-0.3, -0.25) is 4.79 Å². The molecule has 0 spiro atoms. The third-order valence-corrected chi connectivity index (χ3v) is 3.66. The summed E-state index contributed by atoms with van der Waals surface area (Å²) in [7, 11) is 0. The van der Waals surface area contributed by atoms with Gasteiger partial charge in [-0.25, -0.2) is 0 Å². The Bertz CT molecular complexity index is 878. The van der Waals surface area contributed by atoms with E-state index in [0.29, 0.717) is 16.4 Å². The molecule has 0 saturated carbocycles. The summed E-state index contributed by atoms with van der Waals surface area (Å²) in [6.07, 6.45) is 0. The molecule has 1 atom stereocenters. The smallest absolute Gasteiger partial charge is 0.258 e. The van der Waals surface area contributed by atoms with Gasteiger partial charge in [0, 0.05) is 5.02 Å². The van der Waals surface area contributed by atoms with Crippen LogP contribution in [-0.4, -0.2) is 9.97 Å². The zero-order valence-corrected chi connectivity index (χ0v) is 12.3. The van der Waals surface area contributed by atoms with Crippen molar-refractivity contribution in [2.24, 2.45) is 5.73 Å². The zero-order valence-electron chi connectivity index (χ0n) is 11.6. The van der Waals surface area contributed by atoms with Crippen LogP contribution in [0.5, 0.6) is 5.88 Å². The molecule has 0 saturated heterocycles. The summed E-state index contributed by atoms with van der Waals surface area (Å²) in [6, 6.07) is 8.87. The third-order valence-electron chi connectivity index (χ3n) is 3.41.